The smallest absolute Gasteiger partial charge is 0.223 e. The molecule has 1 aromatic heterocycles. The molecule has 1 unspecified atom stereocenters. The fraction of sp³-hybridized carbons (Fsp3) is 0.423. The molecule has 1 aliphatic heterocycles. The van der Waals surface area contributed by atoms with Crippen LogP contribution in [0.5, 0.6) is 5.75 Å². The van der Waals surface area contributed by atoms with Crippen molar-refractivity contribution in [1.29, 1.82) is 0 Å². The number of aromatic amines is 1. The minimum Gasteiger partial charge on any atom is -0.497 e. The molecule has 0 aliphatic carbocycles. The lowest BCUT2D eigenvalue weighted by Gasteiger charge is -2.23. The van der Waals surface area contributed by atoms with Gasteiger partial charge < -0.3 is 14.6 Å². The first-order valence-electron chi connectivity index (χ1n) is 10.9. The Labute approximate surface area is 179 Å². The Morgan fingerprint density at radius 1 is 1.10 bits per heavy atom. The standard InChI is InChI=1S/C26H32N2O2/c1-26(2,3)19-9-7-18(8-10-19)21(16-25(29)28-13-5-6-14-28)23-17-27-24-12-11-20(30-4)15-22(23)24/h7-12,15,17,21,27H,5-6,13-14,16H2,1-4H3. The quantitative estimate of drug-likeness (QED) is 0.600. The molecule has 30 heavy (non-hydrogen) atoms. The molecule has 1 aliphatic rings. The highest BCUT2D eigenvalue weighted by Gasteiger charge is 2.26. The topological polar surface area (TPSA) is 45.3 Å². The number of nitrogens with one attached hydrogen (secondary N) is 1. The van der Waals surface area contributed by atoms with Gasteiger partial charge in [-0.25, -0.2) is 0 Å². The predicted molar refractivity (Wildman–Crippen MR) is 122 cm³/mol. The van der Waals surface area contributed by atoms with Crippen LogP contribution in [0.2, 0.25) is 0 Å². The number of ether oxygens (including phenoxy) is 1. The third-order valence-corrected chi connectivity index (χ3v) is 6.31. The number of methoxy groups -OCH3 is 1. The normalized spacial score (nSPS) is 15.5. The fourth-order valence-corrected chi connectivity index (χ4v) is 4.43. The van der Waals surface area contributed by atoms with Gasteiger partial charge in [-0.1, -0.05) is 45.0 Å². The minimum absolute atomic E-state index is 0.00738. The Hall–Kier alpha value is -2.75. The lowest BCUT2D eigenvalue weighted by molar-refractivity contribution is -0.130. The van der Waals surface area contributed by atoms with Crippen LogP contribution in [0.1, 0.15) is 62.6 Å². The van der Waals surface area contributed by atoms with E-state index in [9.17, 15) is 4.79 Å². The molecule has 158 valence electrons. The van der Waals surface area contributed by atoms with Crippen LogP contribution in [0, 0.1) is 0 Å². The number of likely N-dealkylation sites (tertiary alicyclic amines) is 1. The highest BCUT2D eigenvalue weighted by atomic mass is 16.5. The number of carbonyl (C=O) groups excluding carboxylic acids is 1. The van der Waals surface area contributed by atoms with Crippen LogP contribution in [-0.2, 0) is 10.2 Å². The number of nitrogens with zero attached hydrogens (tertiary/aromatic N) is 1. The molecule has 0 bridgehead atoms. The maximum absolute atomic E-state index is 13.1. The molecular weight excluding hydrogens is 372 g/mol. The van der Waals surface area contributed by atoms with E-state index in [1.54, 1.807) is 7.11 Å². The van der Waals surface area contributed by atoms with Crippen molar-refractivity contribution in [1.82, 2.24) is 9.88 Å². The first-order chi connectivity index (χ1) is 14.4. The maximum atomic E-state index is 13.1. The average molecular weight is 405 g/mol. The van der Waals surface area contributed by atoms with Gasteiger partial charge in [-0.3, -0.25) is 4.79 Å². The molecule has 4 heteroatoms. The first kappa shape index (κ1) is 20.5. The number of amides is 1. The van der Waals surface area contributed by atoms with Gasteiger partial charge in [-0.2, -0.15) is 0 Å². The van der Waals surface area contributed by atoms with Crippen LogP contribution in [-0.4, -0.2) is 36.0 Å². The molecule has 3 aromatic rings. The first-order valence-corrected chi connectivity index (χ1v) is 10.9. The summed E-state index contributed by atoms with van der Waals surface area (Å²) in [5.74, 6) is 1.08. The predicted octanol–water partition coefficient (Wildman–Crippen LogP) is 5.62. The van der Waals surface area contributed by atoms with E-state index in [0.717, 1.165) is 48.1 Å². The molecule has 0 spiro atoms. The molecule has 1 amide bonds. The molecule has 4 nitrogen and oxygen atoms in total. The highest BCUT2D eigenvalue weighted by Crippen LogP contribution is 2.36. The summed E-state index contributed by atoms with van der Waals surface area (Å²) in [6.07, 6.45) is 4.77. The third kappa shape index (κ3) is 4.09. The number of aromatic nitrogens is 1. The van der Waals surface area contributed by atoms with Gasteiger partial charge >= 0.3 is 0 Å². The summed E-state index contributed by atoms with van der Waals surface area (Å²) in [6.45, 7) is 8.44. The largest absolute Gasteiger partial charge is 0.497 e. The zero-order chi connectivity index (χ0) is 21.3. The zero-order valence-corrected chi connectivity index (χ0v) is 18.5. The van der Waals surface area contributed by atoms with Crippen LogP contribution in [0.15, 0.2) is 48.7 Å². The van der Waals surface area contributed by atoms with Gasteiger partial charge in [0.05, 0.1) is 7.11 Å². The maximum Gasteiger partial charge on any atom is 0.223 e. The summed E-state index contributed by atoms with van der Waals surface area (Å²) < 4.78 is 5.46. The fourth-order valence-electron chi connectivity index (χ4n) is 4.43. The Balaban J connectivity index is 1.74. The number of hydrogen-bond donors (Lipinski definition) is 1. The van der Waals surface area contributed by atoms with Crippen molar-refractivity contribution in [2.45, 2.75) is 51.4 Å². The zero-order valence-electron chi connectivity index (χ0n) is 18.5. The molecular formula is C26H32N2O2. The van der Waals surface area contributed by atoms with Gasteiger partial charge in [0.15, 0.2) is 0 Å². The van der Waals surface area contributed by atoms with E-state index in [2.05, 4.69) is 62.3 Å². The van der Waals surface area contributed by atoms with Crippen molar-refractivity contribution in [2.24, 2.45) is 0 Å². The lowest BCUT2D eigenvalue weighted by Crippen LogP contribution is -2.29. The number of carbonyl (C=O) groups is 1. The van der Waals surface area contributed by atoms with Gasteiger partial charge in [-0.15, -0.1) is 0 Å². The third-order valence-electron chi connectivity index (χ3n) is 6.31. The summed E-state index contributed by atoms with van der Waals surface area (Å²) >= 11 is 0. The van der Waals surface area contributed by atoms with Crippen LogP contribution >= 0.6 is 0 Å². The summed E-state index contributed by atoms with van der Waals surface area (Å²) in [4.78, 5) is 18.5. The van der Waals surface area contributed by atoms with E-state index in [-0.39, 0.29) is 17.2 Å². The second-order valence-corrected chi connectivity index (χ2v) is 9.37. The Morgan fingerprint density at radius 2 is 1.80 bits per heavy atom. The van der Waals surface area contributed by atoms with Crippen LogP contribution in [0.3, 0.4) is 0 Å². The van der Waals surface area contributed by atoms with Gasteiger partial charge in [0.25, 0.3) is 0 Å². The van der Waals surface area contributed by atoms with Crippen molar-refractivity contribution >= 4 is 16.8 Å². The van der Waals surface area contributed by atoms with E-state index >= 15 is 0 Å². The minimum atomic E-state index is 0.00738. The molecule has 1 fully saturated rings. The van der Waals surface area contributed by atoms with Crippen molar-refractivity contribution in [2.75, 3.05) is 20.2 Å². The summed E-state index contributed by atoms with van der Waals surface area (Å²) in [6, 6.07) is 14.9. The van der Waals surface area contributed by atoms with E-state index in [1.165, 1.54) is 11.1 Å². The number of H-pyrrole nitrogens is 1. The lowest BCUT2D eigenvalue weighted by atomic mass is 9.83. The van der Waals surface area contributed by atoms with Crippen LogP contribution < -0.4 is 4.74 Å². The highest BCUT2D eigenvalue weighted by molar-refractivity contribution is 5.87. The van der Waals surface area contributed by atoms with E-state index in [0.29, 0.717) is 6.42 Å². The Bertz CT molecular complexity index is 1020. The SMILES string of the molecule is COc1ccc2[nH]cc(C(CC(=O)N3CCCC3)c3ccc(C(C)(C)C)cc3)c2c1. The molecule has 0 radical (unpaired) electrons. The average Bonchev–Trinajstić information content (AvgIpc) is 3.41. The molecule has 1 N–H and O–H groups in total. The van der Waals surface area contributed by atoms with Gasteiger partial charge in [0, 0.05) is 42.5 Å². The number of benzene rings is 2. The number of fused-ring (bicyclic) bond motifs is 1. The molecule has 0 saturated carbocycles. The second kappa shape index (κ2) is 8.17. The molecule has 2 aromatic carbocycles. The molecule has 1 saturated heterocycles. The van der Waals surface area contributed by atoms with Gasteiger partial charge in [0.1, 0.15) is 5.75 Å². The van der Waals surface area contributed by atoms with Crippen molar-refractivity contribution < 1.29 is 9.53 Å². The Kier molecular flexibility index (Phi) is 5.59. The Morgan fingerprint density at radius 3 is 2.43 bits per heavy atom. The number of rotatable bonds is 5. The second-order valence-electron chi connectivity index (χ2n) is 9.37. The van der Waals surface area contributed by atoms with Crippen molar-refractivity contribution in [3.63, 3.8) is 0 Å². The van der Waals surface area contributed by atoms with E-state index < -0.39 is 0 Å². The molecule has 2 heterocycles. The summed E-state index contributed by atoms with van der Waals surface area (Å²) in [5, 5.41) is 1.12. The molecule has 4 rings (SSSR count). The molecule has 1 atom stereocenters. The van der Waals surface area contributed by atoms with E-state index in [1.807, 2.05) is 17.0 Å². The van der Waals surface area contributed by atoms with Crippen molar-refractivity contribution in [3.8, 4) is 5.75 Å². The van der Waals surface area contributed by atoms with Crippen LogP contribution in [0.4, 0.5) is 0 Å². The van der Waals surface area contributed by atoms with Gasteiger partial charge in [0.2, 0.25) is 5.91 Å². The summed E-state index contributed by atoms with van der Waals surface area (Å²) in [7, 11) is 1.69. The van der Waals surface area contributed by atoms with Gasteiger partial charge in [-0.05, 0) is 53.1 Å². The van der Waals surface area contributed by atoms with E-state index in [4.69, 9.17) is 4.74 Å². The van der Waals surface area contributed by atoms with Crippen LogP contribution in [0.25, 0.3) is 10.9 Å². The monoisotopic (exact) mass is 404 g/mol. The number of hydrogen-bond acceptors (Lipinski definition) is 2. The summed E-state index contributed by atoms with van der Waals surface area (Å²) in [5.41, 5.74) is 4.81. The van der Waals surface area contributed by atoms with Crippen molar-refractivity contribution in [3.05, 3.63) is 65.4 Å².